The minimum Gasteiger partial charge on any atom is -0.549 e. The lowest BCUT2D eigenvalue weighted by atomic mass is 10.2. The van der Waals surface area contributed by atoms with Crippen LogP contribution in [0.4, 0.5) is 0 Å². The number of aryl methyl sites for hydroxylation is 2. The molecule has 2 heterocycles. The van der Waals surface area contributed by atoms with Gasteiger partial charge in [-0.05, 0) is 37.0 Å². The van der Waals surface area contributed by atoms with Gasteiger partial charge in [0.25, 0.3) is 5.56 Å². The van der Waals surface area contributed by atoms with E-state index in [9.17, 15) is 14.7 Å². The fourth-order valence-corrected chi connectivity index (χ4v) is 5.34. The highest BCUT2D eigenvalue weighted by molar-refractivity contribution is 8.09. The van der Waals surface area contributed by atoms with E-state index >= 15 is 0 Å². The number of aromatic nitrogens is 2. The minimum absolute atomic E-state index is 0.181. The minimum atomic E-state index is -1.19. The van der Waals surface area contributed by atoms with Crippen LogP contribution in [0.25, 0.3) is 21.2 Å². The summed E-state index contributed by atoms with van der Waals surface area (Å²) in [5.41, 5.74) is 1.69. The second-order valence-corrected chi connectivity index (χ2v) is 8.46. The van der Waals surface area contributed by atoms with Gasteiger partial charge in [0.1, 0.15) is 16.4 Å². The summed E-state index contributed by atoms with van der Waals surface area (Å²) < 4.78 is 5.37. The first kappa shape index (κ1) is 18.8. The number of methoxy groups -OCH3 is 1. The summed E-state index contributed by atoms with van der Waals surface area (Å²) in [5.74, 6) is -0.430. The zero-order valence-corrected chi connectivity index (χ0v) is 16.7. The molecule has 1 aliphatic carbocycles. The van der Waals surface area contributed by atoms with Crippen molar-refractivity contribution in [3.8, 4) is 5.75 Å². The SMILES string of the molecule is COc1ccccc1/C=C(\SCC(=O)[O-])c1nc2sc3c(c2c(=O)[nH]1)CCC3. The molecule has 0 bridgehead atoms. The molecule has 1 N–H and O–H groups in total. The van der Waals surface area contributed by atoms with Gasteiger partial charge in [-0.2, -0.15) is 0 Å². The fraction of sp³-hybridized carbons (Fsp3) is 0.250. The molecule has 3 aromatic rings. The summed E-state index contributed by atoms with van der Waals surface area (Å²) in [7, 11) is 1.57. The maximum atomic E-state index is 12.8. The normalized spacial score (nSPS) is 13.7. The third kappa shape index (κ3) is 3.57. The lowest BCUT2D eigenvalue weighted by Crippen LogP contribution is -2.24. The first-order chi connectivity index (χ1) is 13.6. The van der Waals surface area contributed by atoms with Crippen LogP contribution in [-0.2, 0) is 17.6 Å². The van der Waals surface area contributed by atoms with Crippen molar-refractivity contribution in [2.75, 3.05) is 12.9 Å². The zero-order chi connectivity index (χ0) is 19.7. The van der Waals surface area contributed by atoms with Crippen molar-refractivity contribution in [3.63, 3.8) is 0 Å². The molecule has 1 aliphatic rings. The summed E-state index contributed by atoms with van der Waals surface area (Å²) in [5, 5.41) is 11.7. The Morgan fingerprint density at radius 2 is 2.21 bits per heavy atom. The predicted octanol–water partition coefficient (Wildman–Crippen LogP) is 2.46. The monoisotopic (exact) mass is 413 g/mol. The molecule has 1 aromatic carbocycles. The molecule has 0 saturated heterocycles. The molecule has 0 aliphatic heterocycles. The van der Waals surface area contributed by atoms with Crippen molar-refractivity contribution >= 4 is 50.3 Å². The number of fused-ring (bicyclic) bond motifs is 3. The van der Waals surface area contributed by atoms with Crippen LogP contribution < -0.4 is 15.4 Å². The van der Waals surface area contributed by atoms with E-state index in [1.165, 1.54) is 4.88 Å². The summed E-state index contributed by atoms with van der Waals surface area (Å²) in [6.07, 6.45) is 4.73. The molecule has 0 radical (unpaired) electrons. The van der Waals surface area contributed by atoms with Crippen LogP contribution >= 0.6 is 23.1 Å². The number of carbonyl (C=O) groups is 1. The maximum Gasteiger partial charge on any atom is 0.260 e. The Morgan fingerprint density at radius 3 is 3.00 bits per heavy atom. The van der Waals surface area contributed by atoms with E-state index in [4.69, 9.17) is 4.74 Å². The van der Waals surface area contributed by atoms with E-state index in [1.54, 1.807) is 24.5 Å². The molecule has 144 valence electrons. The highest BCUT2D eigenvalue weighted by Crippen LogP contribution is 2.36. The summed E-state index contributed by atoms with van der Waals surface area (Å²) in [4.78, 5) is 33.7. The highest BCUT2D eigenvalue weighted by Gasteiger charge is 2.22. The van der Waals surface area contributed by atoms with Gasteiger partial charge in [-0.1, -0.05) is 18.2 Å². The van der Waals surface area contributed by atoms with Gasteiger partial charge in [0, 0.05) is 16.2 Å². The molecule has 0 fully saturated rings. The van der Waals surface area contributed by atoms with Crippen LogP contribution in [0.2, 0.25) is 0 Å². The molecule has 4 rings (SSSR count). The Kier molecular flexibility index (Phi) is 5.23. The van der Waals surface area contributed by atoms with Crippen LogP contribution in [0.3, 0.4) is 0 Å². The number of carbonyl (C=O) groups excluding carboxylic acids is 1. The number of hydrogen-bond donors (Lipinski definition) is 1. The van der Waals surface area contributed by atoms with Crippen LogP contribution in [-0.4, -0.2) is 28.8 Å². The standard InChI is InChI=1S/C20H18N2O4S2/c1-26-13-7-3-2-5-11(13)9-15(27-10-16(23)24)18-21-19(25)17-12-6-4-8-14(12)28-20(17)22-18/h2-3,5,7,9H,4,6,8,10H2,1H3,(H,23,24)(H,21,22,25)/p-1/b15-9-. The number of para-hydroxylation sites is 1. The lowest BCUT2D eigenvalue weighted by molar-refractivity contribution is -0.301. The van der Waals surface area contributed by atoms with E-state index in [0.717, 1.165) is 42.2 Å². The van der Waals surface area contributed by atoms with Gasteiger partial charge in [0.05, 0.1) is 23.4 Å². The number of carboxylic acid groups (broad SMARTS) is 1. The van der Waals surface area contributed by atoms with Gasteiger partial charge in [-0.3, -0.25) is 4.79 Å². The van der Waals surface area contributed by atoms with Crippen molar-refractivity contribution < 1.29 is 14.6 Å². The van der Waals surface area contributed by atoms with Crippen LogP contribution in [0.15, 0.2) is 29.1 Å². The molecular weight excluding hydrogens is 396 g/mol. The van der Waals surface area contributed by atoms with E-state index in [2.05, 4.69) is 9.97 Å². The number of rotatable bonds is 6. The number of nitrogens with zero attached hydrogens (tertiary/aromatic N) is 1. The third-order valence-corrected chi connectivity index (χ3v) is 6.77. The predicted molar refractivity (Wildman–Crippen MR) is 111 cm³/mol. The molecule has 2 aromatic heterocycles. The lowest BCUT2D eigenvalue weighted by Gasteiger charge is -2.10. The average molecular weight is 414 g/mol. The Morgan fingerprint density at radius 1 is 1.39 bits per heavy atom. The van der Waals surface area contributed by atoms with Crippen molar-refractivity contribution in [2.24, 2.45) is 0 Å². The second-order valence-electron chi connectivity index (χ2n) is 6.36. The number of aromatic amines is 1. The summed E-state index contributed by atoms with van der Waals surface area (Å²) in [6, 6.07) is 7.38. The van der Waals surface area contributed by atoms with E-state index in [0.29, 0.717) is 26.7 Å². The fourth-order valence-electron chi connectivity index (χ4n) is 3.36. The smallest absolute Gasteiger partial charge is 0.260 e. The largest absolute Gasteiger partial charge is 0.549 e. The van der Waals surface area contributed by atoms with Gasteiger partial charge >= 0.3 is 0 Å². The molecule has 0 amide bonds. The van der Waals surface area contributed by atoms with E-state index in [1.807, 2.05) is 24.3 Å². The Labute approximate surface area is 169 Å². The van der Waals surface area contributed by atoms with Crippen LogP contribution in [0.1, 0.15) is 28.2 Å². The van der Waals surface area contributed by atoms with Crippen molar-refractivity contribution in [2.45, 2.75) is 19.3 Å². The number of thioether (sulfide) groups is 1. The molecule has 6 nitrogen and oxygen atoms in total. The number of ether oxygens (including phenoxy) is 1. The van der Waals surface area contributed by atoms with Gasteiger partial charge < -0.3 is 19.6 Å². The van der Waals surface area contributed by atoms with Crippen LogP contribution in [0, 0.1) is 0 Å². The molecule has 0 saturated carbocycles. The molecule has 0 spiro atoms. The van der Waals surface area contributed by atoms with E-state index < -0.39 is 5.97 Å². The van der Waals surface area contributed by atoms with Crippen molar-refractivity contribution in [1.82, 2.24) is 9.97 Å². The Hall–Kier alpha value is -2.58. The molecule has 0 atom stereocenters. The van der Waals surface area contributed by atoms with Gasteiger partial charge in [-0.25, -0.2) is 4.98 Å². The highest BCUT2D eigenvalue weighted by atomic mass is 32.2. The third-order valence-electron chi connectivity index (χ3n) is 4.58. The maximum absolute atomic E-state index is 12.8. The number of hydrogen-bond acceptors (Lipinski definition) is 7. The van der Waals surface area contributed by atoms with Gasteiger partial charge in [-0.15, -0.1) is 23.1 Å². The number of aliphatic carboxylic acids is 1. The molecule has 28 heavy (non-hydrogen) atoms. The first-order valence-electron chi connectivity index (χ1n) is 8.79. The van der Waals surface area contributed by atoms with Gasteiger partial charge in [0.2, 0.25) is 0 Å². The van der Waals surface area contributed by atoms with Crippen molar-refractivity contribution in [1.29, 1.82) is 0 Å². The summed E-state index contributed by atoms with van der Waals surface area (Å²) in [6.45, 7) is 0. The van der Waals surface area contributed by atoms with Gasteiger partial charge in [0.15, 0.2) is 0 Å². The number of thiophene rings is 1. The first-order valence-corrected chi connectivity index (χ1v) is 10.6. The second kappa shape index (κ2) is 7.81. The molecular formula is C20H17N2O4S2-. The quantitative estimate of drug-likeness (QED) is 0.667. The number of carboxylic acids is 1. The molecule has 0 unspecified atom stereocenters. The topological polar surface area (TPSA) is 95.1 Å². The number of nitrogens with one attached hydrogen (secondary N) is 1. The number of benzene rings is 1. The van der Waals surface area contributed by atoms with Crippen molar-refractivity contribution in [3.05, 3.63) is 56.4 Å². The number of H-pyrrole nitrogens is 1. The Balaban J connectivity index is 1.83. The van der Waals surface area contributed by atoms with E-state index in [-0.39, 0.29) is 11.3 Å². The molecule has 8 heteroatoms. The van der Waals surface area contributed by atoms with Crippen LogP contribution in [0.5, 0.6) is 5.75 Å². The Bertz CT molecular complexity index is 1150. The average Bonchev–Trinajstić information content (AvgIpc) is 3.25. The zero-order valence-electron chi connectivity index (χ0n) is 15.1. The summed E-state index contributed by atoms with van der Waals surface area (Å²) >= 11 is 2.61.